The number of likely N-dealkylation sites (tertiary alicyclic amines) is 1. The highest BCUT2D eigenvalue weighted by Crippen LogP contribution is 2.37. The average Bonchev–Trinajstić information content (AvgIpc) is 3.06. The van der Waals surface area contributed by atoms with Gasteiger partial charge in [-0.1, -0.05) is 35.9 Å². The third kappa shape index (κ3) is 5.24. The molecule has 0 amide bonds. The molecule has 1 atom stereocenters. The summed E-state index contributed by atoms with van der Waals surface area (Å²) in [5, 5.41) is 0.817. The molecular weight excluding hydrogens is 444 g/mol. The van der Waals surface area contributed by atoms with Crippen molar-refractivity contribution in [2.75, 3.05) is 26.2 Å². The average molecular weight is 477 g/mol. The maximum atomic E-state index is 6.29. The Hall–Kier alpha value is -2.56. The van der Waals surface area contributed by atoms with Crippen LogP contribution in [0.15, 0.2) is 71.4 Å². The lowest BCUT2D eigenvalue weighted by Gasteiger charge is -2.32. The van der Waals surface area contributed by atoms with Gasteiger partial charge in [0.15, 0.2) is 0 Å². The van der Waals surface area contributed by atoms with Gasteiger partial charge in [0, 0.05) is 23.3 Å². The Kier molecular flexibility index (Phi) is 7.36. The number of hydrogen-bond donors (Lipinski definition) is 0. The number of nitrogens with zero attached hydrogens (tertiary/aromatic N) is 2. The SMILES string of the molecule is CCOc1cccc2c1CCC1C(=CCCN3CCC(c4ccc(Cl)cc4)CC3)C=CN=C1O2. The fraction of sp³-hybridized carbons (Fsp3) is 0.414. The molecule has 178 valence electrons. The quantitative estimate of drug-likeness (QED) is 0.459. The highest BCUT2D eigenvalue weighted by Gasteiger charge is 2.29. The molecule has 0 radical (unpaired) electrons. The van der Waals surface area contributed by atoms with Gasteiger partial charge in [-0.2, -0.15) is 0 Å². The van der Waals surface area contributed by atoms with E-state index in [0.29, 0.717) is 12.5 Å². The lowest BCUT2D eigenvalue weighted by atomic mass is 9.89. The van der Waals surface area contributed by atoms with Crippen LogP contribution in [0.25, 0.3) is 0 Å². The molecule has 1 fully saturated rings. The predicted molar refractivity (Wildman–Crippen MR) is 139 cm³/mol. The minimum Gasteiger partial charge on any atom is -0.493 e. The third-order valence-electron chi connectivity index (χ3n) is 7.21. The van der Waals surface area contributed by atoms with E-state index in [4.69, 9.17) is 21.1 Å². The number of piperidine rings is 1. The van der Waals surface area contributed by atoms with Crippen LogP contribution in [-0.4, -0.2) is 37.0 Å². The topological polar surface area (TPSA) is 34.1 Å². The zero-order valence-electron chi connectivity index (χ0n) is 19.9. The van der Waals surface area contributed by atoms with Crippen LogP contribution in [0.2, 0.25) is 5.02 Å². The lowest BCUT2D eigenvalue weighted by Crippen LogP contribution is -2.33. The Balaban J connectivity index is 1.17. The first-order chi connectivity index (χ1) is 16.7. The summed E-state index contributed by atoms with van der Waals surface area (Å²) in [7, 11) is 0. The fourth-order valence-electron chi connectivity index (χ4n) is 5.36. The highest BCUT2D eigenvalue weighted by molar-refractivity contribution is 6.30. The molecule has 3 heterocycles. The minimum absolute atomic E-state index is 0.211. The van der Waals surface area contributed by atoms with Crippen molar-refractivity contribution in [3.8, 4) is 11.5 Å². The smallest absolute Gasteiger partial charge is 0.202 e. The third-order valence-corrected chi connectivity index (χ3v) is 7.46. The van der Waals surface area contributed by atoms with Crippen LogP contribution in [-0.2, 0) is 6.42 Å². The molecule has 4 nitrogen and oxygen atoms in total. The van der Waals surface area contributed by atoms with Gasteiger partial charge in [-0.3, -0.25) is 0 Å². The predicted octanol–water partition coefficient (Wildman–Crippen LogP) is 6.80. The zero-order valence-corrected chi connectivity index (χ0v) is 20.6. The second-order valence-corrected chi connectivity index (χ2v) is 9.74. The summed E-state index contributed by atoms with van der Waals surface area (Å²) in [6.07, 6.45) is 11.8. The number of rotatable bonds is 6. The van der Waals surface area contributed by atoms with Crippen LogP contribution in [0, 0.1) is 5.92 Å². The summed E-state index contributed by atoms with van der Waals surface area (Å²) in [6, 6.07) is 14.5. The minimum atomic E-state index is 0.211. The van der Waals surface area contributed by atoms with E-state index < -0.39 is 0 Å². The second-order valence-electron chi connectivity index (χ2n) is 9.30. The second kappa shape index (κ2) is 10.8. The van der Waals surface area contributed by atoms with Gasteiger partial charge >= 0.3 is 0 Å². The fourth-order valence-corrected chi connectivity index (χ4v) is 5.49. The van der Waals surface area contributed by atoms with Crippen LogP contribution in [0.4, 0.5) is 0 Å². The van der Waals surface area contributed by atoms with Crippen LogP contribution in [0.5, 0.6) is 11.5 Å². The molecule has 0 bridgehead atoms. The van der Waals surface area contributed by atoms with Gasteiger partial charge in [0.1, 0.15) is 11.5 Å². The van der Waals surface area contributed by atoms with Crippen molar-refractivity contribution in [3.05, 3.63) is 82.5 Å². The van der Waals surface area contributed by atoms with E-state index in [1.165, 1.54) is 24.0 Å². The van der Waals surface area contributed by atoms with E-state index >= 15 is 0 Å². The summed E-state index contributed by atoms with van der Waals surface area (Å²) in [6.45, 7) is 6.08. The summed E-state index contributed by atoms with van der Waals surface area (Å²) >= 11 is 6.05. The number of benzene rings is 2. The molecule has 0 saturated carbocycles. The zero-order chi connectivity index (χ0) is 23.3. The maximum absolute atomic E-state index is 6.29. The molecule has 1 unspecified atom stereocenters. The van der Waals surface area contributed by atoms with E-state index in [1.54, 1.807) is 0 Å². The van der Waals surface area contributed by atoms with Gasteiger partial charge in [-0.15, -0.1) is 0 Å². The van der Waals surface area contributed by atoms with E-state index in [2.05, 4.69) is 34.2 Å². The Labute approximate surface area is 207 Å². The Morgan fingerprint density at radius 2 is 1.94 bits per heavy atom. The molecule has 34 heavy (non-hydrogen) atoms. The molecule has 5 heteroatoms. The number of fused-ring (bicyclic) bond motifs is 2. The summed E-state index contributed by atoms with van der Waals surface area (Å²) in [5.41, 5.74) is 3.91. The molecule has 0 spiro atoms. The van der Waals surface area contributed by atoms with Crippen LogP contribution >= 0.6 is 11.6 Å². The normalized spacial score (nSPS) is 21.9. The summed E-state index contributed by atoms with van der Waals surface area (Å²) < 4.78 is 12.1. The highest BCUT2D eigenvalue weighted by atomic mass is 35.5. The molecule has 1 saturated heterocycles. The van der Waals surface area contributed by atoms with Crippen molar-refractivity contribution in [2.24, 2.45) is 10.9 Å². The van der Waals surface area contributed by atoms with E-state index in [1.807, 2.05) is 43.5 Å². The van der Waals surface area contributed by atoms with Gasteiger partial charge in [-0.25, -0.2) is 4.99 Å². The molecule has 0 N–H and O–H groups in total. The van der Waals surface area contributed by atoms with Crippen molar-refractivity contribution in [2.45, 2.75) is 44.9 Å². The van der Waals surface area contributed by atoms with Gasteiger partial charge in [0.25, 0.3) is 0 Å². The Bertz CT molecular complexity index is 1080. The summed E-state index contributed by atoms with van der Waals surface area (Å²) in [4.78, 5) is 7.19. The largest absolute Gasteiger partial charge is 0.493 e. The van der Waals surface area contributed by atoms with Gasteiger partial charge in [0.2, 0.25) is 5.90 Å². The van der Waals surface area contributed by atoms with E-state index in [9.17, 15) is 0 Å². The van der Waals surface area contributed by atoms with E-state index in [0.717, 1.165) is 66.9 Å². The first-order valence-corrected chi connectivity index (χ1v) is 12.9. The molecule has 0 aromatic heterocycles. The standard InChI is InChI=1S/C29H33ClN2O2/c1-2-33-27-6-3-7-28-26(27)13-12-25-23(14-17-31-29(25)34-28)5-4-18-32-19-15-22(16-20-32)21-8-10-24(30)11-9-21/h3,5-11,14,17,22,25H,2,4,12-13,15-16,18-20H2,1H3. The number of aliphatic imine (C=N–C) groups is 1. The van der Waals surface area contributed by atoms with Crippen LogP contribution in [0.3, 0.4) is 0 Å². The van der Waals surface area contributed by atoms with E-state index in [-0.39, 0.29) is 5.92 Å². The lowest BCUT2D eigenvalue weighted by molar-refractivity contribution is 0.215. The molecule has 2 aromatic rings. The van der Waals surface area contributed by atoms with Crippen molar-refractivity contribution in [1.82, 2.24) is 4.90 Å². The monoisotopic (exact) mass is 476 g/mol. The van der Waals surface area contributed by atoms with Crippen molar-refractivity contribution < 1.29 is 9.47 Å². The molecule has 3 aliphatic rings. The number of hydrogen-bond acceptors (Lipinski definition) is 4. The molecule has 2 aromatic carbocycles. The number of halogens is 1. The first kappa shape index (κ1) is 23.2. The maximum Gasteiger partial charge on any atom is 0.202 e. The molecule has 0 aliphatic carbocycles. The van der Waals surface area contributed by atoms with Crippen LogP contribution in [0.1, 0.15) is 49.7 Å². The number of ether oxygens (including phenoxy) is 2. The van der Waals surface area contributed by atoms with Gasteiger partial charge in [0.05, 0.1) is 12.5 Å². The van der Waals surface area contributed by atoms with Crippen LogP contribution < -0.4 is 9.47 Å². The molecule has 3 aliphatic heterocycles. The van der Waals surface area contributed by atoms with Gasteiger partial charge < -0.3 is 14.4 Å². The molecular formula is C29H33ClN2O2. The first-order valence-electron chi connectivity index (χ1n) is 12.6. The van der Waals surface area contributed by atoms with Gasteiger partial charge in [-0.05, 0) is 99.5 Å². The van der Waals surface area contributed by atoms with Crippen molar-refractivity contribution in [3.63, 3.8) is 0 Å². The van der Waals surface area contributed by atoms with Crippen molar-refractivity contribution >= 4 is 17.5 Å². The summed E-state index contributed by atoms with van der Waals surface area (Å²) in [5.74, 6) is 3.48. The Morgan fingerprint density at radius 3 is 2.74 bits per heavy atom. The molecule has 5 rings (SSSR count). The number of allylic oxidation sites excluding steroid dienone is 1. The van der Waals surface area contributed by atoms with Crippen molar-refractivity contribution in [1.29, 1.82) is 0 Å². The Morgan fingerprint density at radius 1 is 1.12 bits per heavy atom.